The van der Waals surface area contributed by atoms with E-state index in [1.165, 1.54) is 14.2 Å². The van der Waals surface area contributed by atoms with Crippen LogP contribution in [0, 0.1) is 5.92 Å². The number of para-hydroxylation sites is 1. The van der Waals surface area contributed by atoms with Gasteiger partial charge in [0, 0.05) is 24.7 Å². The zero-order valence-electron chi connectivity index (χ0n) is 19.5. The van der Waals surface area contributed by atoms with E-state index >= 15 is 0 Å². The molecule has 1 fully saturated rings. The fourth-order valence-corrected chi connectivity index (χ4v) is 4.00. The number of hydrogen-bond donors (Lipinski definition) is 1. The molecule has 0 bridgehead atoms. The highest BCUT2D eigenvalue weighted by molar-refractivity contribution is 6.01. The lowest BCUT2D eigenvalue weighted by molar-refractivity contribution is -0.151. The maximum atomic E-state index is 12.7. The zero-order chi connectivity index (χ0) is 24.0. The zero-order valence-corrected chi connectivity index (χ0v) is 19.5. The number of amides is 2. The van der Waals surface area contributed by atoms with Gasteiger partial charge in [-0.2, -0.15) is 0 Å². The molecule has 2 aromatic carbocycles. The molecule has 2 amide bonds. The second kappa shape index (κ2) is 10.8. The molecule has 1 heterocycles. The molecule has 0 radical (unpaired) electrons. The Morgan fingerprint density at radius 1 is 1.06 bits per heavy atom. The van der Waals surface area contributed by atoms with Gasteiger partial charge in [-0.1, -0.05) is 32.0 Å². The normalized spacial score (nSPS) is 15.3. The Kier molecular flexibility index (Phi) is 7.92. The van der Waals surface area contributed by atoms with E-state index < -0.39 is 24.4 Å². The lowest BCUT2D eigenvalue weighted by atomic mass is 10.0. The minimum atomic E-state index is -0.619. The molecule has 0 unspecified atom stereocenters. The lowest BCUT2D eigenvalue weighted by Crippen LogP contribution is -2.29. The number of aryl methyl sites for hydroxylation is 2. The van der Waals surface area contributed by atoms with Crippen LogP contribution < -0.4 is 19.7 Å². The van der Waals surface area contributed by atoms with E-state index in [0.717, 1.165) is 29.7 Å². The van der Waals surface area contributed by atoms with Crippen LogP contribution in [0.4, 0.5) is 11.4 Å². The number of benzene rings is 2. The third-order valence-electron chi connectivity index (χ3n) is 5.72. The predicted molar refractivity (Wildman–Crippen MR) is 125 cm³/mol. The first-order valence-corrected chi connectivity index (χ1v) is 11.0. The largest absolute Gasteiger partial charge is 0.497 e. The Hall–Kier alpha value is -3.55. The molecule has 1 saturated heterocycles. The maximum absolute atomic E-state index is 12.7. The van der Waals surface area contributed by atoms with Gasteiger partial charge in [-0.25, -0.2) is 0 Å². The summed E-state index contributed by atoms with van der Waals surface area (Å²) >= 11 is 0. The molecule has 1 atom stereocenters. The topological polar surface area (TPSA) is 94.2 Å². The van der Waals surface area contributed by atoms with Crippen molar-refractivity contribution in [1.29, 1.82) is 0 Å². The molecule has 33 heavy (non-hydrogen) atoms. The number of esters is 1. The van der Waals surface area contributed by atoms with Gasteiger partial charge >= 0.3 is 5.97 Å². The first-order valence-electron chi connectivity index (χ1n) is 11.0. The summed E-state index contributed by atoms with van der Waals surface area (Å²) in [6.45, 7) is 3.86. The number of nitrogens with zero attached hydrogens (tertiary/aromatic N) is 1. The SMILES string of the molecule is CCc1cccc(CC)c1N1C[C@@H](C(=O)OCC(=O)Nc2cc(OC)ccc2OC)CC1=O. The third kappa shape index (κ3) is 5.45. The molecule has 8 nitrogen and oxygen atoms in total. The predicted octanol–water partition coefficient (Wildman–Crippen LogP) is 3.36. The Bertz CT molecular complexity index is 1010. The number of anilines is 2. The monoisotopic (exact) mass is 454 g/mol. The van der Waals surface area contributed by atoms with E-state index in [2.05, 4.69) is 5.32 Å². The van der Waals surface area contributed by atoms with Gasteiger partial charge in [0.15, 0.2) is 6.61 Å². The van der Waals surface area contributed by atoms with Gasteiger partial charge in [0.05, 0.1) is 25.8 Å². The summed E-state index contributed by atoms with van der Waals surface area (Å²) < 4.78 is 15.6. The van der Waals surface area contributed by atoms with Crippen molar-refractivity contribution < 1.29 is 28.6 Å². The minimum Gasteiger partial charge on any atom is -0.497 e. The highest BCUT2D eigenvalue weighted by atomic mass is 16.5. The van der Waals surface area contributed by atoms with Gasteiger partial charge < -0.3 is 24.4 Å². The Morgan fingerprint density at radius 2 is 1.76 bits per heavy atom. The van der Waals surface area contributed by atoms with Gasteiger partial charge in [-0.3, -0.25) is 14.4 Å². The number of rotatable bonds is 9. The molecule has 1 aliphatic heterocycles. The fourth-order valence-electron chi connectivity index (χ4n) is 4.00. The quantitative estimate of drug-likeness (QED) is 0.584. The van der Waals surface area contributed by atoms with E-state index in [1.807, 2.05) is 32.0 Å². The van der Waals surface area contributed by atoms with E-state index in [9.17, 15) is 14.4 Å². The second-order valence-electron chi connectivity index (χ2n) is 7.76. The fraction of sp³-hybridized carbons (Fsp3) is 0.400. The van der Waals surface area contributed by atoms with Gasteiger partial charge in [0.25, 0.3) is 5.91 Å². The molecule has 0 spiro atoms. The summed E-state index contributed by atoms with van der Waals surface area (Å²) in [4.78, 5) is 39.4. The number of carbonyl (C=O) groups excluding carboxylic acids is 3. The van der Waals surface area contributed by atoms with Crippen molar-refractivity contribution >= 4 is 29.2 Å². The number of nitrogens with one attached hydrogen (secondary N) is 1. The molecule has 176 valence electrons. The molecule has 0 aliphatic carbocycles. The van der Waals surface area contributed by atoms with Crippen molar-refractivity contribution in [2.45, 2.75) is 33.1 Å². The Morgan fingerprint density at radius 3 is 2.36 bits per heavy atom. The van der Waals surface area contributed by atoms with Crippen molar-refractivity contribution in [2.75, 3.05) is 37.6 Å². The lowest BCUT2D eigenvalue weighted by Gasteiger charge is -2.23. The van der Waals surface area contributed by atoms with E-state index in [0.29, 0.717) is 17.2 Å². The van der Waals surface area contributed by atoms with Crippen LogP contribution in [-0.2, 0) is 32.0 Å². The molecule has 8 heteroatoms. The maximum Gasteiger partial charge on any atom is 0.311 e. The molecule has 1 aliphatic rings. The average Bonchev–Trinajstić information content (AvgIpc) is 3.22. The molecular weight excluding hydrogens is 424 g/mol. The molecular formula is C25H30N2O6. The van der Waals surface area contributed by atoms with Crippen LogP contribution in [0.5, 0.6) is 11.5 Å². The van der Waals surface area contributed by atoms with Crippen molar-refractivity contribution in [3.8, 4) is 11.5 Å². The smallest absolute Gasteiger partial charge is 0.311 e. The van der Waals surface area contributed by atoms with Crippen molar-refractivity contribution in [3.63, 3.8) is 0 Å². The first kappa shape index (κ1) is 24.1. The van der Waals surface area contributed by atoms with Crippen molar-refractivity contribution in [2.24, 2.45) is 5.92 Å². The molecule has 0 aromatic heterocycles. The van der Waals surface area contributed by atoms with Gasteiger partial charge in [0.2, 0.25) is 5.91 Å². The first-order chi connectivity index (χ1) is 15.9. The number of methoxy groups -OCH3 is 2. The Balaban J connectivity index is 1.62. The highest BCUT2D eigenvalue weighted by Gasteiger charge is 2.37. The summed E-state index contributed by atoms with van der Waals surface area (Å²) in [5.41, 5.74) is 3.45. The van der Waals surface area contributed by atoms with Gasteiger partial charge in [0.1, 0.15) is 11.5 Å². The Labute approximate surface area is 193 Å². The minimum absolute atomic E-state index is 0.0609. The number of hydrogen-bond acceptors (Lipinski definition) is 6. The summed E-state index contributed by atoms with van der Waals surface area (Å²) in [6, 6.07) is 11.0. The van der Waals surface area contributed by atoms with Gasteiger partial charge in [-0.05, 0) is 36.1 Å². The molecule has 0 saturated carbocycles. The summed E-state index contributed by atoms with van der Waals surface area (Å²) in [5, 5.41) is 2.66. The van der Waals surface area contributed by atoms with Crippen molar-refractivity contribution in [1.82, 2.24) is 0 Å². The van der Waals surface area contributed by atoms with E-state index in [-0.39, 0.29) is 18.9 Å². The van der Waals surface area contributed by atoms with Crippen LogP contribution in [0.1, 0.15) is 31.4 Å². The summed E-state index contributed by atoms with van der Waals surface area (Å²) in [6.07, 6.45) is 1.64. The van der Waals surface area contributed by atoms with Crippen LogP contribution >= 0.6 is 0 Å². The van der Waals surface area contributed by atoms with E-state index in [4.69, 9.17) is 14.2 Å². The average molecular weight is 455 g/mol. The highest BCUT2D eigenvalue weighted by Crippen LogP contribution is 2.33. The number of carbonyl (C=O) groups is 3. The number of ether oxygens (including phenoxy) is 3. The standard InChI is InChI=1S/C25H30N2O6/c1-5-16-8-7-9-17(6-2)24(16)27-14-18(12-23(27)29)25(30)33-15-22(28)26-20-13-19(31-3)10-11-21(20)32-4/h7-11,13,18H,5-6,12,14-15H2,1-4H3,(H,26,28)/t18-/m0/s1. The van der Waals surface area contributed by atoms with Crippen LogP contribution in [0.3, 0.4) is 0 Å². The van der Waals surface area contributed by atoms with Gasteiger partial charge in [-0.15, -0.1) is 0 Å². The molecule has 3 rings (SSSR count). The molecule has 1 N–H and O–H groups in total. The van der Waals surface area contributed by atoms with E-state index in [1.54, 1.807) is 23.1 Å². The van der Waals surface area contributed by atoms with Crippen LogP contribution in [0.15, 0.2) is 36.4 Å². The van der Waals surface area contributed by atoms with Crippen molar-refractivity contribution in [3.05, 3.63) is 47.5 Å². The summed E-state index contributed by atoms with van der Waals surface area (Å²) in [5.74, 6) is -0.809. The molecule has 2 aromatic rings. The van der Waals surface area contributed by atoms with Crippen LogP contribution in [-0.4, -0.2) is 45.2 Å². The van der Waals surface area contributed by atoms with Crippen LogP contribution in [0.2, 0.25) is 0 Å². The third-order valence-corrected chi connectivity index (χ3v) is 5.72. The summed E-state index contributed by atoms with van der Waals surface area (Å²) in [7, 11) is 3.00. The second-order valence-corrected chi connectivity index (χ2v) is 7.76. The van der Waals surface area contributed by atoms with Crippen LogP contribution in [0.25, 0.3) is 0 Å².